The number of carbonyl (C=O) groups excluding carboxylic acids is 4. The number of hydrogen-bond donors (Lipinski definition) is 1. The average molecular weight is 618 g/mol. The van der Waals surface area contributed by atoms with Crippen LogP contribution >= 0.6 is 39.3 Å². The lowest BCUT2D eigenvalue weighted by Crippen LogP contribution is -2.36. The SMILES string of the molecule is CCCCOC(=O)c1ccc(-c2ccc(/C=C3/SC(=O)N(CC(=O)Nc4ccc(Br)c(Cl)c4)C3=O)o2)cc1. The molecule has 3 amide bonds. The van der Waals surface area contributed by atoms with E-state index in [0.29, 0.717) is 38.9 Å². The molecule has 1 N–H and O–H groups in total. The number of nitrogens with one attached hydrogen (secondary N) is 1. The van der Waals surface area contributed by atoms with Crippen LogP contribution < -0.4 is 5.32 Å². The molecule has 0 bridgehead atoms. The Morgan fingerprint density at radius 2 is 1.89 bits per heavy atom. The van der Waals surface area contributed by atoms with E-state index in [1.165, 1.54) is 6.08 Å². The number of furan rings is 1. The second-order valence-corrected chi connectivity index (χ2v) is 10.5. The van der Waals surface area contributed by atoms with Gasteiger partial charge in [-0.05, 0) is 76.6 Å². The number of rotatable bonds is 9. The summed E-state index contributed by atoms with van der Waals surface area (Å²) < 4.78 is 11.7. The third kappa shape index (κ3) is 6.75. The number of ether oxygens (including phenoxy) is 1. The molecule has 1 saturated heterocycles. The Morgan fingerprint density at radius 1 is 1.13 bits per heavy atom. The minimum absolute atomic E-state index is 0.139. The minimum Gasteiger partial charge on any atom is -0.462 e. The number of imide groups is 1. The van der Waals surface area contributed by atoms with E-state index >= 15 is 0 Å². The van der Waals surface area contributed by atoms with Gasteiger partial charge in [-0.15, -0.1) is 0 Å². The average Bonchev–Trinajstić information content (AvgIpc) is 3.46. The van der Waals surface area contributed by atoms with Gasteiger partial charge in [0.25, 0.3) is 11.1 Å². The molecule has 8 nitrogen and oxygen atoms in total. The Hall–Kier alpha value is -3.34. The number of unbranched alkanes of at least 4 members (excludes halogenated alkanes) is 1. The number of carbonyl (C=O) groups is 4. The van der Waals surface area contributed by atoms with Gasteiger partial charge in [0.2, 0.25) is 5.91 Å². The summed E-state index contributed by atoms with van der Waals surface area (Å²) in [5.74, 6) is -0.621. The van der Waals surface area contributed by atoms with E-state index < -0.39 is 23.6 Å². The van der Waals surface area contributed by atoms with Crippen molar-refractivity contribution < 1.29 is 28.3 Å². The van der Waals surface area contributed by atoms with Crippen LogP contribution in [0, 0.1) is 0 Å². The first-order valence-electron chi connectivity index (χ1n) is 11.6. The molecular weight excluding hydrogens is 596 g/mol. The van der Waals surface area contributed by atoms with Crippen molar-refractivity contribution in [2.45, 2.75) is 19.8 Å². The lowest BCUT2D eigenvalue weighted by molar-refractivity contribution is -0.127. The smallest absolute Gasteiger partial charge is 0.338 e. The van der Waals surface area contributed by atoms with Gasteiger partial charge in [-0.1, -0.05) is 37.1 Å². The standard InChI is InChI=1S/C27H22BrClN2O6S/c1-2-3-12-36-26(34)17-6-4-16(5-7-17)22-11-9-19(37-22)14-23-25(33)31(27(35)38-23)15-24(32)30-18-8-10-20(28)21(29)13-18/h4-11,13-14H,2-3,12,15H2,1H3,(H,30,32)/b23-14+. The van der Waals surface area contributed by atoms with Crippen molar-refractivity contribution >= 4 is 74.1 Å². The van der Waals surface area contributed by atoms with Gasteiger partial charge in [0.05, 0.1) is 22.1 Å². The fourth-order valence-corrected chi connectivity index (χ4v) is 4.68. The Balaban J connectivity index is 1.39. The molecule has 0 saturated carbocycles. The van der Waals surface area contributed by atoms with Crippen molar-refractivity contribution in [1.82, 2.24) is 4.90 Å². The second kappa shape index (κ2) is 12.5. The molecule has 11 heteroatoms. The third-order valence-electron chi connectivity index (χ3n) is 5.41. The highest BCUT2D eigenvalue weighted by Gasteiger charge is 2.36. The number of benzene rings is 2. The summed E-state index contributed by atoms with van der Waals surface area (Å²) in [6.45, 7) is 1.97. The Labute approximate surface area is 236 Å². The van der Waals surface area contributed by atoms with Crippen LogP contribution in [0.2, 0.25) is 5.02 Å². The monoisotopic (exact) mass is 616 g/mol. The highest BCUT2D eigenvalue weighted by atomic mass is 79.9. The number of anilines is 1. The van der Waals surface area contributed by atoms with E-state index in [1.807, 2.05) is 6.92 Å². The Bertz CT molecular complexity index is 1420. The van der Waals surface area contributed by atoms with Gasteiger partial charge >= 0.3 is 5.97 Å². The number of hydrogen-bond acceptors (Lipinski definition) is 7. The van der Waals surface area contributed by atoms with E-state index in [0.717, 1.165) is 35.1 Å². The van der Waals surface area contributed by atoms with Crippen molar-refractivity contribution in [3.05, 3.63) is 80.3 Å². The van der Waals surface area contributed by atoms with Crippen LogP contribution in [-0.4, -0.2) is 41.1 Å². The summed E-state index contributed by atoms with van der Waals surface area (Å²) in [4.78, 5) is 50.7. The molecule has 2 aromatic carbocycles. The van der Waals surface area contributed by atoms with Crippen LogP contribution in [0.25, 0.3) is 17.4 Å². The van der Waals surface area contributed by atoms with Crippen LogP contribution in [-0.2, 0) is 14.3 Å². The Kier molecular flexibility index (Phi) is 9.09. The van der Waals surface area contributed by atoms with Gasteiger partial charge in [-0.25, -0.2) is 4.79 Å². The van der Waals surface area contributed by atoms with E-state index in [4.69, 9.17) is 20.8 Å². The zero-order chi connectivity index (χ0) is 27.2. The van der Waals surface area contributed by atoms with Gasteiger partial charge in [-0.3, -0.25) is 19.3 Å². The van der Waals surface area contributed by atoms with Gasteiger partial charge in [0.15, 0.2) is 0 Å². The summed E-state index contributed by atoms with van der Waals surface area (Å²) in [5.41, 5.74) is 1.61. The van der Waals surface area contributed by atoms with Crippen molar-refractivity contribution in [2.24, 2.45) is 0 Å². The molecule has 4 rings (SSSR count). The van der Waals surface area contributed by atoms with Crippen LogP contribution in [0.5, 0.6) is 0 Å². The van der Waals surface area contributed by atoms with E-state index in [1.54, 1.807) is 54.6 Å². The summed E-state index contributed by atoms with van der Waals surface area (Å²) >= 11 is 10.0. The number of thioether (sulfide) groups is 1. The number of esters is 1. The third-order valence-corrected chi connectivity index (χ3v) is 7.55. The molecule has 0 spiro atoms. The summed E-state index contributed by atoms with van der Waals surface area (Å²) in [6, 6.07) is 15.1. The number of halogens is 2. The molecular formula is C27H22BrClN2O6S. The molecule has 1 fully saturated rings. The van der Waals surface area contributed by atoms with E-state index in [-0.39, 0.29) is 10.9 Å². The Morgan fingerprint density at radius 3 is 2.61 bits per heavy atom. The molecule has 0 radical (unpaired) electrons. The highest BCUT2D eigenvalue weighted by molar-refractivity contribution is 9.10. The first-order valence-corrected chi connectivity index (χ1v) is 13.6. The highest BCUT2D eigenvalue weighted by Crippen LogP contribution is 2.33. The fourth-order valence-electron chi connectivity index (χ4n) is 3.43. The van der Waals surface area contributed by atoms with Crippen LogP contribution in [0.3, 0.4) is 0 Å². The second-order valence-electron chi connectivity index (χ2n) is 8.21. The lowest BCUT2D eigenvalue weighted by atomic mass is 10.1. The van der Waals surface area contributed by atoms with Gasteiger partial charge in [-0.2, -0.15) is 0 Å². The fraction of sp³-hybridized carbons (Fsp3) is 0.185. The molecule has 2 heterocycles. The van der Waals surface area contributed by atoms with Crippen LogP contribution in [0.15, 0.2) is 68.4 Å². The van der Waals surface area contributed by atoms with Crippen LogP contribution in [0.4, 0.5) is 10.5 Å². The maximum atomic E-state index is 12.8. The minimum atomic E-state index is -0.590. The van der Waals surface area contributed by atoms with E-state index in [2.05, 4.69) is 21.2 Å². The molecule has 1 aromatic heterocycles. The van der Waals surface area contributed by atoms with Gasteiger partial charge < -0.3 is 14.5 Å². The lowest BCUT2D eigenvalue weighted by Gasteiger charge is -2.12. The molecule has 38 heavy (non-hydrogen) atoms. The summed E-state index contributed by atoms with van der Waals surface area (Å²) in [6.07, 6.45) is 3.21. The topological polar surface area (TPSA) is 106 Å². The molecule has 0 unspecified atom stereocenters. The first kappa shape index (κ1) is 27.7. The zero-order valence-corrected chi connectivity index (χ0v) is 23.3. The van der Waals surface area contributed by atoms with E-state index in [9.17, 15) is 19.2 Å². The molecule has 0 atom stereocenters. The molecule has 3 aromatic rings. The van der Waals surface area contributed by atoms with Crippen molar-refractivity contribution in [3.8, 4) is 11.3 Å². The number of amides is 3. The number of nitrogens with zero attached hydrogens (tertiary/aromatic N) is 1. The van der Waals surface area contributed by atoms with Crippen molar-refractivity contribution in [2.75, 3.05) is 18.5 Å². The maximum Gasteiger partial charge on any atom is 0.338 e. The first-order chi connectivity index (χ1) is 18.2. The predicted molar refractivity (Wildman–Crippen MR) is 150 cm³/mol. The largest absolute Gasteiger partial charge is 0.462 e. The molecule has 0 aliphatic carbocycles. The van der Waals surface area contributed by atoms with Crippen molar-refractivity contribution in [1.29, 1.82) is 0 Å². The van der Waals surface area contributed by atoms with Gasteiger partial charge in [0.1, 0.15) is 18.1 Å². The van der Waals surface area contributed by atoms with Crippen molar-refractivity contribution in [3.63, 3.8) is 0 Å². The zero-order valence-electron chi connectivity index (χ0n) is 20.2. The molecule has 1 aliphatic rings. The quantitative estimate of drug-likeness (QED) is 0.157. The normalized spacial score (nSPS) is 14.3. The maximum absolute atomic E-state index is 12.8. The molecule has 1 aliphatic heterocycles. The molecule has 196 valence electrons. The summed E-state index contributed by atoms with van der Waals surface area (Å²) in [5, 5.41) is 2.48. The van der Waals surface area contributed by atoms with Crippen LogP contribution in [0.1, 0.15) is 35.9 Å². The predicted octanol–water partition coefficient (Wildman–Crippen LogP) is 6.99. The summed E-state index contributed by atoms with van der Waals surface area (Å²) in [7, 11) is 0. The van der Waals surface area contributed by atoms with Gasteiger partial charge in [0, 0.05) is 21.8 Å².